The lowest BCUT2D eigenvalue weighted by atomic mass is 10.1. The highest BCUT2D eigenvalue weighted by Crippen LogP contribution is 2.16. The van der Waals surface area contributed by atoms with Gasteiger partial charge in [0.15, 0.2) is 12.6 Å². The molecule has 0 saturated heterocycles. The minimum absolute atomic E-state index is 0.134. The standard InChI is InChI=1S/C8H9NO3/c1-5-7(3-10)6(2)9(12)8(5)4-11/h3-4,12H,1-2H3. The number of hydrogen-bond donors (Lipinski definition) is 1. The van der Waals surface area contributed by atoms with E-state index in [9.17, 15) is 14.8 Å². The molecule has 0 aliphatic rings. The van der Waals surface area contributed by atoms with Crippen molar-refractivity contribution in [1.29, 1.82) is 0 Å². The van der Waals surface area contributed by atoms with Crippen molar-refractivity contribution in [2.45, 2.75) is 13.8 Å². The number of aldehydes is 2. The molecule has 1 N–H and O–H groups in total. The van der Waals surface area contributed by atoms with Crippen LogP contribution in [-0.2, 0) is 0 Å². The fraction of sp³-hybridized carbons (Fsp3) is 0.250. The molecule has 4 nitrogen and oxygen atoms in total. The summed E-state index contributed by atoms with van der Waals surface area (Å²) >= 11 is 0. The van der Waals surface area contributed by atoms with Gasteiger partial charge in [0.1, 0.15) is 5.69 Å². The third kappa shape index (κ3) is 0.922. The summed E-state index contributed by atoms with van der Waals surface area (Å²) in [6.45, 7) is 3.19. The van der Waals surface area contributed by atoms with Crippen LogP contribution in [-0.4, -0.2) is 22.5 Å². The van der Waals surface area contributed by atoms with Crippen molar-refractivity contribution in [2.24, 2.45) is 0 Å². The first kappa shape index (κ1) is 8.52. The monoisotopic (exact) mass is 167 g/mol. The van der Waals surface area contributed by atoms with Gasteiger partial charge in [-0.05, 0) is 19.4 Å². The van der Waals surface area contributed by atoms with Gasteiger partial charge in [-0.3, -0.25) is 9.59 Å². The zero-order chi connectivity index (χ0) is 9.30. The smallest absolute Gasteiger partial charge is 0.170 e. The van der Waals surface area contributed by atoms with E-state index in [1.54, 1.807) is 13.8 Å². The highest BCUT2D eigenvalue weighted by atomic mass is 16.5. The molecule has 0 bridgehead atoms. The summed E-state index contributed by atoms with van der Waals surface area (Å²) < 4.78 is 0.728. The van der Waals surface area contributed by atoms with Gasteiger partial charge in [0.25, 0.3) is 0 Å². The minimum atomic E-state index is 0.134. The molecule has 0 aliphatic carbocycles. The predicted molar refractivity (Wildman–Crippen MR) is 41.9 cm³/mol. The van der Waals surface area contributed by atoms with Crippen LogP contribution in [0.25, 0.3) is 0 Å². The number of hydrogen-bond acceptors (Lipinski definition) is 3. The van der Waals surface area contributed by atoms with E-state index in [0.29, 0.717) is 29.4 Å². The number of carbonyl (C=O) groups is 2. The van der Waals surface area contributed by atoms with Crippen LogP contribution in [0, 0.1) is 13.8 Å². The molecular formula is C8H9NO3. The van der Waals surface area contributed by atoms with Crippen molar-refractivity contribution >= 4 is 12.6 Å². The molecule has 1 rings (SSSR count). The SMILES string of the molecule is Cc1c(C=O)c(C)n(O)c1C=O. The van der Waals surface area contributed by atoms with Crippen LogP contribution >= 0.6 is 0 Å². The van der Waals surface area contributed by atoms with Gasteiger partial charge in [-0.1, -0.05) is 0 Å². The topological polar surface area (TPSA) is 59.3 Å². The van der Waals surface area contributed by atoms with Crippen molar-refractivity contribution in [3.8, 4) is 0 Å². The zero-order valence-corrected chi connectivity index (χ0v) is 6.87. The fourth-order valence-electron chi connectivity index (χ4n) is 1.17. The van der Waals surface area contributed by atoms with Crippen LogP contribution in [0.5, 0.6) is 0 Å². The van der Waals surface area contributed by atoms with Crippen molar-refractivity contribution in [3.63, 3.8) is 0 Å². The molecule has 0 fully saturated rings. The first-order chi connectivity index (χ1) is 5.63. The van der Waals surface area contributed by atoms with E-state index in [2.05, 4.69) is 0 Å². The van der Waals surface area contributed by atoms with Crippen LogP contribution in [0.2, 0.25) is 0 Å². The molecule has 0 amide bonds. The van der Waals surface area contributed by atoms with Crippen molar-refractivity contribution in [1.82, 2.24) is 4.73 Å². The Bertz CT molecular complexity index is 307. The summed E-state index contributed by atoms with van der Waals surface area (Å²) in [6, 6.07) is 0. The molecule has 0 aliphatic heterocycles. The average molecular weight is 167 g/mol. The summed E-state index contributed by atoms with van der Waals surface area (Å²) in [6.07, 6.45) is 1.15. The van der Waals surface area contributed by atoms with Gasteiger partial charge < -0.3 is 5.21 Å². The lowest BCUT2D eigenvalue weighted by molar-refractivity contribution is 0.106. The zero-order valence-electron chi connectivity index (χ0n) is 6.87. The molecule has 0 saturated carbocycles. The summed E-state index contributed by atoms with van der Waals surface area (Å²) in [7, 11) is 0. The first-order valence-corrected chi connectivity index (χ1v) is 3.45. The van der Waals surface area contributed by atoms with Crippen LogP contribution in [0.3, 0.4) is 0 Å². The quantitative estimate of drug-likeness (QED) is 0.527. The first-order valence-electron chi connectivity index (χ1n) is 3.45. The molecule has 0 radical (unpaired) electrons. The maximum absolute atomic E-state index is 10.5. The van der Waals surface area contributed by atoms with Gasteiger partial charge in [-0.2, -0.15) is 4.73 Å². The van der Waals surface area contributed by atoms with Gasteiger partial charge in [0.05, 0.1) is 5.69 Å². The van der Waals surface area contributed by atoms with Gasteiger partial charge in [0, 0.05) is 5.56 Å². The maximum Gasteiger partial charge on any atom is 0.170 e. The molecule has 1 aromatic rings. The Balaban J connectivity index is 3.52. The Morgan fingerprint density at radius 1 is 1.25 bits per heavy atom. The molecule has 4 heteroatoms. The Morgan fingerprint density at radius 2 is 1.83 bits per heavy atom. The summed E-state index contributed by atoms with van der Waals surface area (Å²) in [4.78, 5) is 20.9. The number of nitrogens with zero attached hydrogens (tertiary/aromatic N) is 1. The van der Waals surface area contributed by atoms with Gasteiger partial charge in [0.2, 0.25) is 0 Å². The molecule has 0 spiro atoms. The normalized spacial score (nSPS) is 9.83. The van der Waals surface area contributed by atoms with E-state index in [1.165, 1.54) is 0 Å². The van der Waals surface area contributed by atoms with Crippen LogP contribution in [0.1, 0.15) is 32.1 Å². The van der Waals surface area contributed by atoms with E-state index in [0.717, 1.165) is 4.73 Å². The maximum atomic E-state index is 10.5. The fourth-order valence-corrected chi connectivity index (χ4v) is 1.17. The third-order valence-corrected chi connectivity index (χ3v) is 1.95. The Labute approximate surface area is 69.4 Å². The molecule has 12 heavy (non-hydrogen) atoms. The van der Waals surface area contributed by atoms with Crippen molar-refractivity contribution < 1.29 is 14.8 Å². The van der Waals surface area contributed by atoms with Gasteiger partial charge >= 0.3 is 0 Å². The highest BCUT2D eigenvalue weighted by Gasteiger charge is 2.15. The van der Waals surface area contributed by atoms with Crippen molar-refractivity contribution in [3.05, 3.63) is 22.5 Å². The van der Waals surface area contributed by atoms with Crippen LogP contribution in [0.4, 0.5) is 0 Å². The second-order valence-corrected chi connectivity index (χ2v) is 2.56. The molecule has 1 aromatic heterocycles. The summed E-state index contributed by atoms with van der Waals surface area (Å²) in [5, 5.41) is 9.26. The average Bonchev–Trinajstić information content (AvgIpc) is 2.25. The highest BCUT2D eigenvalue weighted by molar-refractivity contribution is 5.86. The van der Waals surface area contributed by atoms with Gasteiger partial charge in [-0.25, -0.2) is 0 Å². The molecular weight excluding hydrogens is 158 g/mol. The third-order valence-electron chi connectivity index (χ3n) is 1.95. The Morgan fingerprint density at radius 3 is 2.08 bits per heavy atom. The molecule has 0 aromatic carbocycles. The Hall–Kier alpha value is -1.58. The van der Waals surface area contributed by atoms with Crippen LogP contribution in [0.15, 0.2) is 0 Å². The second-order valence-electron chi connectivity index (χ2n) is 2.56. The van der Waals surface area contributed by atoms with E-state index >= 15 is 0 Å². The molecule has 0 unspecified atom stereocenters. The van der Waals surface area contributed by atoms with E-state index < -0.39 is 0 Å². The van der Waals surface area contributed by atoms with Crippen molar-refractivity contribution in [2.75, 3.05) is 0 Å². The minimum Gasteiger partial charge on any atom is -0.428 e. The van der Waals surface area contributed by atoms with Crippen LogP contribution < -0.4 is 0 Å². The molecule has 64 valence electrons. The number of aromatic nitrogens is 1. The number of rotatable bonds is 2. The van der Waals surface area contributed by atoms with E-state index in [1.807, 2.05) is 0 Å². The lowest BCUT2D eigenvalue weighted by Gasteiger charge is -1.95. The number of carbonyl (C=O) groups excluding carboxylic acids is 2. The van der Waals surface area contributed by atoms with E-state index in [4.69, 9.17) is 0 Å². The largest absolute Gasteiger partial charge is 0.428 e. The Kier molecular flexibility index (Phi) is 1.99. The lowest BCUT2D eigenvalue weighted by Crippen LogP contribution is -1.98. The predicted octanol–water partition coefficient (Wildman–Crippen LogP) is 0.967. The van der Waals surface area contributed by atoms with E-state index in [-0.39, 0.29) is 5.69 Å². The van der Waals surface area contributed by atoms with Gasteiger partial charge in [-0.15, -0.1) is 0 Å². The second kappa shape index (κ2) is 2.81. The summed E-state index contributed by atoms with van der Waals surface area (Å²) in [5.74, 6) is 0. The molecule has 0 atom stereocenters. The summed E-state index contributed by atoms with van der Waals surface area (Å²) in [5.41, 5.74) is 1.42. The molecule has 1 heterocycles.